The molecule has 0 aliphatic rings. The molecule has 39 heavy (non-hydrogen) atoms. The van der Waals surface area contributed by atoms with Crippen LogP contribution < -0.4 is 9.62 Å². The normalized spacial score (nSPS) is 12.5. The predicted octanol–water partition coefficient (Wildman–Crippen LogP) is 6.17. The number of anilines is 1. The van der Waals surface area contributed by atoms with Gasteiger partial charge >= 0.3 is 0 Å². The van der Waals surface area contributed by atoms with Crippen LogP contribution >= 0.6 is 34.8 Å². The van der Waals surface area contributed by atoms with Crippen molar-refractivity contribution in [3.63, 3.8) is 0 Å². The van der Waals surface area contributed by atoms with Gasteiger partial charge in [0.2, 0.25) is 11.8 Å². The molecule has 1 atom stereocenters. The fourth-order valence-corrected chi connectivity index (χ4v) is 6.06. The third kappa shape index (κ3) is 7.66. The Morgan fingerprint density at radius 3 is 1.95 bits per heavy atom. The predicted molar refractivity (Wildman–Crippen MR) is 157 cm³/mol. The van der Waals surface area contributed by atoms with E-state index in [9.17, 15) is 18.0 Å². The van der Waals surface area contributed by atoms with Gasteiger partial charge < -0.3 is 10.2 Å². The molecule has 1 N–H and O–H groups in total. The lowest BCUT2D eigenvalue weighted by Crippen LogP contribution is -2.54. The zero-order valence-corrected chi connectivity index (χ0v) is 25.1. The molecule has 208 valence electrons. The summed E-state index contributed by atoms with van der Waals surface area (Å²) >= 11 is 19.2. The highest BCUT2D eigenvalue weighted by Crippen LogP contribution is 2.31. The van der Waals surface area contributed by atoms with Crippen LogP contribution in [-0.4, -0.2) is 43.3 Å². The third-order valence-corrected chi connectivity index (χ3v) is 8.59. The molecule has 3 aromatic rings. The molecule has 0 heterocycles. The van der Waals surface area contributed by atoms with Crippen LogP contribution in [0.3, 0.4) is 0 Å². The van der Waals surface area contributed by atoms with Crippen LogP contribution in [0.1, 0.15) is 33.3 Å². The highest BCUT2D eigenvalue weighted by molar-refractivity contribution is 7.92. The summed E-state index contributed by atoms with van der Waals surface area (Å²) in [5.41, 5.74) is -0.0128. The number of carbonyl (C=O) groups is 2. The zero-order valence-electron chi connectivity index (χ0n) is 22.0. The minimum absolute atomic E-state index is 0.0167. The summed E-state index contributed by atoms with van der Waals surface area (Å²) < 4.78 is 28.5. The summed E-state index contributed by atoms with van der Waals surface area (Å²) in [6.07, 6.45) is 0. The fourth-order valence-electron chi connectivity index (χ4n) is 3.80. The van der Waals surface area contributed by atoms with E-state index in [0.717, 1.165) is 4.31 Å². The minimum atomic E-state index is -4.22. The Kier molecular flexibility index (Phi) is 9.93. The Morgan fingerprint density at radius 2 is 1.38 bits per heavy atom. The monoisotopic (exact) mass is 609 g/mol. The van der Waals surface area contributed by atoms with Crippen molar-refractivity contribution in [1.82, 2.24) is 10.2 Å². The van der Waals surface area contributed by atoms with Crippen LogP contribution in [0.25, 0.3) is 0 Å². The summed E-state index contributed by atoms with van der Waals surface area (Å²) in [5.74, 6) is -1.07. The topological polar surface area (TPSA) is 86.8 Å². The SMILES string of the molecule is C[C@H](C(=O)NC(C)(C)C)N(Cc1c(Cl)cccc1Cl)C(=O)CN(c1ccccc1Cl)S(=O)(=O)c1ccccc1. The minimum Gasteiger partial charge on any atom is -0.350 e. The Balaban J connectivity index is 2.08. The molecule has 2 amide bonds. The maximum Gasteiger partial charge on any atom is 0.264 e. The highest BCUT2D eigenvalue weighted by Gasteiger charge is 2.34. The van der Waals surface area contributed by atoms with E-state index in [4.69, 9.17) is 34.8 Å². The van der Waals surface area contributed by atoms with Crippen LogP contribution in [0.4, 0.5) is 5.69 Å². The number of hydrogen-bond donors (Lipinski definition) is 1. The van der Waals surface area contributed by atoms with Gasteiger partial charge in [-0.2, -0.15) is 0 Å². The van der Waals surface area contributed by atoms with Crippen LogP contribution in [-0.2, 0) is 26.2 Å². The third-order valence-electron chi connectivity index (χ3n) is 5.79. The van der Waals surface area contributed by atoms with Crippen LogP contribution in [0, 0.1) is 0 Å². The molecule has 7 nitrogen and oxygen atoms in total. The zero-order chi connectivity index (χ0) is 29.0. The van der Waals surface area contributed by atoms with Gasteiger partial charge in [-0.05, 0) is 64.1 Å². The second-order valence-electron chi connectivity index (χ2n) is 9.91. The first-order chi connectivity index (χ1) is 18.2. The van der Waals surface area contributed by atoms with Gasteiger partial charge in [-0.25, -0.2) is 8.42 Å². The number of nitrogens with one attached hydrogen (secondary N) is 1. The van der Waals surface area contributed by atoms with Crippen molar-refractivity contribution >= 4 is 62.3 Å². The smallest absolute Gasteiger partial charge is 0.264 e. The highest BCUT2D eigenvalue weighted by atomic mass is 35.5. The number of halogens is 3. The molecule has 0 radical (unpaired) electrons. The maximum absolute atomic E-state index is 14.0. The van der Waals surface area contributed by atoms with Crippen molar-refractivity contribution in [3.8, 4) is 0 Å². The number of sulfonamides is 1. The van der Waals surface area contributed by atoms with Crippen molar-refractivity contribution in [2.24, 2.45) is 0 Å². The van der Waals surface area contributed by atoms with E-state index in [1.54, 1.807) is 55.5 Å². The first kappa shape index (κ1) is 30.8. The van der Waals surface area contributed by atoms with Gasteiger partial charge in [-0.1, -0.05) is 71.2 Å². The van der Waals surface area contributed by atoms with Crippen molar-refractivity contribution in [2.75, 3.05) is 10.8 Å². The quantitative estimate of drug-likeness (QED) is 0.314. The molecular weight excluding hydrogens is 581 g/mol. The molecule has 0 aliphatic carbocycles. The van der Waals surface area contributed by atoms with Gasteiger partial charge in [0.25, 0.3) is 10.0 Å². The lowest BCUT2D eigenvalue weighted by atomic mass is 10.1. The number of amides is 2. The molecule has 0 saturated heterocycles. The fraction of sp³-hybridized carbons (Fsp3) is 0.286. The molecule has 3 aromatic carbocycles. The Bertz CT molecular complexity index is 1420. The van der Waals surface area contributed by atoms with E-state index in [0.29, 0.717) is 15.6 Å². The van der Waals surface area contributed by atoms with E-state index in [1.165, 1.54) is 29.2 Å². The number of nitrogens with zero attached hydrogens (tertiary/aromatic N) is 2. The number of hydrogen-bond acceptors (Lipinski definition) is 4. The van der Waals surface area contributed by atoms with Gasteiger partial charge in [-0.15, -0.1) is 0 Å². The molecule has 0 fully saturated rings. The van der Waals surface area contributed by atoms with Crippen LogP contribution in [0.15, 0.2) is 77.7 Å². The standard InChI is InChI=1S/C28H30Cl3N3O4S/c1-19(27(36)32-28(2,3)4)33(17-21-22(29)14-10-15-23(21)30)26(35)18-34(25-16-9-8-13-24(25)31)39(37,38)20-11-6-5-7-12-20/h5-16,19H,17-18H2,1-4H3,(H,32,36)/t19-/m1/s1. The van der Waals surface area contributed by atoms with Crippen LogP contribution in [0.2, 0.25) is 15.1 Å². The maximum atomic E-state index is 14.0. The van der Waals surface area contributed by atoms with Gasteiger partial charge in [0, 0.05) is 27.7 Å². The van der Waals surface area contributed by atoms with Crippen molar-refractivity contribution in [3.05, 3.63) is 93.4 Å². The average Bonchev–Trinajstić information content (AvgIpc) is 2.86. The molecular formula is C28H30Cl3N3O4S. The first-order valence-corrected chi connectivity index (χ1v) is 14.7. The lowest BCUT2D eigenvalue weighted by molar-refractivity contribution is -0.140. The summed E-state index contributed by atoms with van der Waals surface area (Å²) in [6.45, 7) is 6.27. The number of para-hydroxylation sites is 1. The van der Waals surface area contributed by atoms with Crippen molar-refractivity contribution in [1.29, 1.82) is 0 Å². The van der Waals surface area contributed by atoms with Crippen molar-refractivity contribution < 1.29 is 18.0 Å². The largest absolute Gasteiger partial charge is 0.350 e. The Labute approximate surface area is 244 Å². The summed E-state index contributed by atoms with van der Waals surface area (Å²) in [7, 11) is -4.22. The summed E-state index contributed by atoms with van der Waals surface area (Å²) in [4.78, 5) is 28.4. The molecule has 0 unspecified atom stereocenters. The van der Waals surface area contributed by atoms with E-state index < -0.39 is 40.0 Å². The number of benzene rings is 3. The van der Waals surface area contributed by atoms with E-state index in [-0.39, 0.29) is 22.2 Å². The number of rotatable bonds is 9. The molecule has 0 bridgehead atoms. The van der Waals surface area contributed by atoms with E-state index in [2.05, 4.69) is 5.32 Å². The molecule has 0 saturated carbocycles. The summed E-state index contributed by atoms with van der Waals surface area (Å²) in [6, 6.07) is 18.0. The molecule has 11 heteroatoms. The van der Waals surface area contributed by atoms with E-state index >= 15 is 0 Å². The second kappa shape index (κ2) is 12.6. The molecule has 3 rings (SSSR count). The lowest BCUT2D eigenvalue weighted by Gasteiger charge is -2.34. The average molecular weight is 611 g/mol. The van der Waals surface area contributed by atoms with Gasteiger partial charge in [0.15, 0.2) is 0 Å². The molecule has 0 aromatic heterocycles. The molecule has 0 spiro atoms. The van der Waals surface area contributed by atoms with Crippen molar-refractivity contribution in [2.45, 2.75) is 50.7 Å². The Morgan fingerprint density at radius 1 is 0.846 bits per heavy atom. The van der Waals surface area contributed by atoms with Gasteiger partial charge in [-0.3, -0.25) is 13.9 Å². The van der Waals surface area contributed by atoms with E-state index in [1.807, 2.05) is 20.8 Å². The number of carbonyl (C=O) groups excluding carboxylic acids is 2. The van der Waals surface area contributed by atoms with Gasteiger partial charge in [0.1, 0.15) is 12.6 Å². The molecule has 0 aliphatic heterocycles. The second-order valence-corrected chi connectivity index (χ2v) is 13.0. The Hall–Kier alpha value is -2.78. The van der Waals surface area contributed by atoms with Crippen LogP contribution in [0.5, 0.6) is 0 Å². The van der Waals surface area contributed by atoms with Gasteiger partial charge in [0.05, 0.1) is 15.6 Å². The summed E-state index contributed by atoms with van der Waals surface area (Å²) in [5, 5.41) is 3.63. The first-order valence-electron chi connectivity index (χ1n) is 12.1.